The smallest absolute Gasteiger partial charge is 0.228 e. The number of pyridine rings is 1. The van der Waals surface area contributed by atoms with Crippen molar-refractivity contribution in [2.45, 2.75) is 19.9 Å². The van der Waals surface area contributed by atoms with E-state index in [9.17, 15) is 4.79 Å². The molecule has 0 aromatic carbocycles. The average molecular weight is 342 g/mol. The number of hydrogen-bond acceptors (Lipinski definition) is 6. The third kappa shape index (κ3) is 3.11. The Hall–Kier alpha value is -2.41. The molecule has 2 aliphatic heterocycles. The number of carbonyl (C=O) groups excluding carboxylic acids is 1. The van der Waals surface area contributed by atoms with E-state index in [1.54, 1.807) is 6.20 Å². The third-order valence-corrected chi connectivity index (χ3v) is 5.26. The first-order chi connectivity index (χ1) is 12.2. The highest BCUT2D eigenvalue weighted by Crippen LogP contribution is 2.42. The Morgan fingerprint density at radius 3 is 3.16 bits per heavy atom. The van der Waals surface area contributed by atoms with Crippen LogP contribution in [0.4, 0.5) is 0 Å². The van der Waals surface area contributed by atoms with Gasteiger partial charge in [0.25, 0.3) is 0 Å². The van der Waals surface area contributed by atoms with Gasteiger partial charge in [0.15, 0.2) is 0 Å². The molecule has 2 aliphatic rings. The molecule has 4 heterocycles. The molecular weight excluding hydrogens is 320 g/mol. The largest absolute Gasteiger partial charge is 0.477 e. The Morgan fingerprint density at radius 1 is 1.48 bits per heavy atom. The zero-order valence-corrected chi connectivity index (χ0v) is 14.3. The van der Waals surface area contributed by atoms with Gasteiger partial charge in [-0.15, -0.1) is 0 Å². The van der Waals surface area contributed by atoms with E-state index in [1.807, 2.05) is 31.2 Å². The predicted molar refractivity (Wildman–Crippen MR) is 89.8 cm³/mol. The first kappa shape index (κ1) is 16.1. The van der Waals surface area contributed by atoms with E-state index in [4.69, 9.17) is 9.26 Å². The monoisotopic (exact) mass is 342 g/mol. The summed E-state index contributed by atoms with van der Waals surface area (Å²) in [4.78, 5) is 19.0. The molecule has 1 N–H and O–H groups in total. The van der Waals surface area contributed by atoms with Gasteiger partial charge in [0.1, 0.15) is 5.76 Å². The summed E-state index contributed by atoms with van der Waals surface area (Å²) in [5, 5.41) is 7.09. The molecule has 0 saturated carbocycles. The van der Waals surface area contributed by atoms with Gasteiger partial charge < -0.3 is 14.6 Å². The fourth-order valence-corrected chi connectivity index (χ4v) is 3.90. The van der Waals surface area contributed by atoms with Gasteiger partial charge in [0, 0.05) is 43.9 Å². The van der Waals surface area contributed by atoms with Crippen molar-refractivity contribution < 1.29 is 14.1 Å². The zero-order chi connectivity index (χ0) is 17.3. The van der Waals surface area contributed by atoms with Gasteiger partial charge in [-0.05, 0) is 26.0 Å². The summed E-state index contributed by atoms with van der Waals surface area (Å²) >= 11 is 0. The number of amides is 1. The van der Waals surface area contributed by atoms with Gasteiger partial charge >= 0.3 is 0 Å². The van der Waals surface area contributed by atoms with Crippen molar-refractivity contribution >= 4 is 5.91 Å². The van der Waals surface area contributed by atoms with Crippen LogP contribution in [0.2, 0.25) is 0 Å². The van der Waals surface area contributed by atoms with Gasteiger partial charge in [-0.1, -0.05) is 11.2 Å². The van der Waals surface area contributed by atoms with Crippen LogP contribution in [0.25, 0.3) is 0 Å². The number of ether oxygens (including phenoxy) is 1. The number of nitrogens with zero attached hydrogens (tertiary/aromatic N) is 3. The molecule has 132 valence electrons. The van der Waals surface area contributed by atoms with Gasteiger partial charge in [0.05, 0.1) is 17.7 Å². The summed E-state index contributed by atoms with van der Waals surface area (Å²) in [6.07, 6.45) is 2.55. The Morgan fingerprint density at radius 2 is 2.40 bits per heavy atom. The standard InChI is InChI=1S/C18H22N4O3/c1-13-8-15(21-25-13)10-22-7-5-18(12-22)14(9-20-17(18)23)11-24-16-4-2-3-6-19-16/h2-4,6,8,14H,5,7,9-12H2,1H3,(H,20,23)/t14-,18-/m1/s1. The summed E-state index contributed by atoms with van der Waals surface area (Å²) in [7, 11) is 0. The first-order valence-corrected chi connectivity index (χ1v) is 8.62. The lowest BCUT2D eigenvalue weighted by molar-refractivity contribution is -0.128. The van der Waals surface area contributed by atoms with Crippen molar-refractivity contribution in [2.75, 3.05) is 26.2 Å². The Labute approximate surface area is 146 Å². The SMILES string of the molecule is Cc1cc(CN2CC[C@]3(C2)C(=O)NC[C@@H]3COc2ccccn2)no1. The number of carbonyl (C=O) groups is 1. The van der Waals surface area contributed by atoms with Crippen molar-refractivity contribution in [1.82, 2.24) is 20.4 Å². The molecule has 0 unspecified atom stereocenters. The summed E-state index contributed by atoms with van der Waals surface area (Å²) in [6.45, 7) is 5.34. The van der Waals surface area contributed by atoms with Crippen LogP contribution in [-0.2, 0) is 11.3 Å². The van der Waals surface area contributed by atoms with Crippen LogP contribution in [0, 0.1) is 18.3 Å². The maximum Gasteiger partial charge on any atom is 0.228 e. The van der Waals surface area contributed by atoms with Crippen molar-refractivity contribution in [3.63, 3.8) is 0 Å². The fraction of sp³-hybridized carbons (Fsp3) is 0.500. The molecule has 7 heteroatoms. The summed E-state index contributed by atoms with van der Waals surface area (Å²) in [5.74, 6) is 1.70. The van der Waals surface area contributed by atoms with Crippen molar-refractivity contribution in [1.29, 1.82) is 0 Å². The third-order valence-electron chi connectivity index (χ3n) is 5.26. The van der Waals surface area contributed by atoms with Gasteiger partial charge in [-0.2, -0.15) is 0 Å². The molecule has 0 bridgehead atoms. The molecule has 2 aromatic rings. The van der Waals surface area contributed by atoms with E-state index in [1.165, 1.54) is 0 Å². The second-order valence-electron chi connectivity index (χ2n) is 6.93. The average Bonchev–Trinajstić information content (AvgIpc) is 3.30. The predicted octanol–water partition coefficient (Wildman–Crippen LogP) is 1.40. The number of aryl methyl sites for hydroxylation is 1. The van der Waals surface area contributed by atoms with E-state index in [2.05, 4.69) is 20.4 Å². The molecule has 7 nitrogen and oxygen atoms in total. The molecule has 2 atom stereocenters. The lowest BCUT2D eigenvalue weighted by atomic mass is 9.77. The molecule has 4 rings (SSSR count). The van der Waals surface area contributed by atoms with Crippen LogP contribution in [0.1, 0.15) is 17.9 Å². The lowest BCUT2D eigenvalue weighted by Gasteiger charge is -2.28. The van der Waals surface area contributed by atoms with E-state index in [0.717, 1.165) is 31.0 Å². The summed E-state index contributed by atoms with van der Waals surface area (Å²) < 4.78 is 11.0. The molecule has 2 fully saturated rings. The molecule has 1 amide bonds. The second kappa shape index (κ2) is 6.48. The second-order valence-corrected chi connectivity index (χ2v) is 6.93. The highest BCUT2D eigenvalue weighted by molar-refractivity contribution is 5.86. The van der Waals surface area contributed by atoms with Crippen LogP contribution in [0.15, 0.2) is 35.0 Å². The molecule has 2 aromatic heterocycles. The van der Waals surface area contributed by atoms with Gasteiger partial charge in [-0.3, -0.25) is 9.69 Å². The van der Waals surface area contributed by atoms with Crippen molar-refractivity contribution in [3.05, 3.63) is 41.9 Å². The lowest BCUT2D eigenvalue weighted by Crippen LogP contribution is -2.40. The van der Waals surface area contributed by atoms with E-state index in [0.29, 0.717) is 25.6 Å². The molecule has 0 aliphatic carbocycles. The van der Waals surface area contributed by atoms with Crippen molar-refractivity contribution in [3.8, 4) is 5.88 Å². The zero-order valence-electron chi connectivity index (χ0n) is 14.3. The number of aromatic nitrogens is 2. The van der Waals surface area contributed by atoms with Crippen LogP contribution in [0.5, 0.6) is 5.88 Å². The molecule has 1 spiro atoms. The number of hydrogen-bond donors (Lipinski definition) is 1. The summed E-state index contributed by atoms with van der Waals surface area (Å²) in [6, 6.07) is 7.54. The minimum Gasteiger partial charge on any atom is -0.477 e. The maximum atomic E-state index is 12.6. The van der Waals surface area contributed by atoms with Gasteiger partial charge in [0.2, 0.25) is 11.8 Å². The Bertz CT molecular complexity index is 748. The number of nitrogens with one attached hydrogen (secondary N) is 1. The molecule has 25 heavy (non-hydrogen) atoms. The highest BCUT2D eigenvalue weighted by atomic mass is 16.5. The minimum atomic E-state index is -0.381. The van der Waals surface area contributed by atoms with E-state index in [-0.39, 0.29) is 17.2 Å². The van der Waals surface area contributed by atoms with E-state index >= 15 is 0 Å². The minimum absolute atomic E-state index is 0.140. The van der Waals surface area contributed by atoms with Crippen LogP contribution in [-0.4, -0.2) is 47.2 Å². The number of rotatable bonds is 5. The number of likely N-dealkylation sites (tertiary alicyclic amines) is 1. The topological polar surface area (TPSA) is 80.5 Å². The molecular formula is C18H22N4O3. The molecule has 2 saturated heterocycles. The van der Waals surface area contributed by atoms with Crippen LogP contribution < -0.4 is 10.1 Å². The van der Waals surface area contributed by atoms with E-state index < -0.39 is 0 Å². The van der Waals surface area contributed by atoms with Crippen molar-refractivity contribution in [2.24, 2.45) is 11.3 Å². The Balaban J connectivity index is 1.42. The highest BCUT2D eigenvalue weighted by Gasteiger charge is 2.54. The van der Waals surface area contributed by atoms with Crippen LogP contribution >= 0.6 is 0 Å². The van der Waals surface area contributed by atoms with Crippen LogP contribution in [0.3, 0.4) is 0 Å². The molecule has 0 radical (unpaired) electrons. The summed E-state index contributed by atoms with van der Waals surface area (Å²) in [5.41, 5.74) is 0.530. The Kier molecular flexibility index (Phi) is 4.17. The van der Waals surface area contributed by atoms with Gasteiger partial charge in [-0.25, -0.2) is 4.98 Å². The normalized spacial score (nSPS) is 26.3. The quantitative estimate of drug-likeness (QED) is 0.885. The maximum absolute atomic E-state index is 12.6. The first-order valence-electron chi connectivity index (χ1n) is 8.62. The fourth-order valence-electron chi connectivity index (χ4n) is 3.90.